The molecule has 1 fully saturated rings. The second-order valence-electron chi connectivity index (χ2n) is 6.46. The van der Waals surface area contributed by atoms with Gasteiger partial charge in [-0.3, -0.25) is 4.79 Å². The highest BCUT2D eigenvalue weighted by molar-refractivity contribution is 5.83. The van der Waals surface area contributed by atoms with Gasteiger partial charge in [0.25, 0.3) is 0 Å². The van der Waals surface area contributed by atoms with Crippen LogP contribution in [-0.2, 0) is 4.79 Å². The van der Waals surface area contributed by atoms with Crippen molar-refractivity contribution in [3.8, 4) is 0 Å². The summed E-state index contributed by atoms with van der Waals surface area (Å²) in [7, 11) is 0. The lowest BCUT2D eigenvalue weighted by Gasteiger charge is -2.33. The summed E-state index contributed by atoms with van der Waals surface area (Å²) in [6.07, 6.45) is 2.30. The van der Waals surface area contributed by atoms with E-state index >= 15 is 0 Å². The average Bonchev–Trinajstić information content (AvgIpc) is 2.93. The standard InChI is InChI=1S/C13H26N2O/c1-9(2)8-15(10-6-7-10)12(16)11(14)13(3,4)5/h9-11H,6-8,14H2,1-5H3/t11-/m1/s1. The van der Waals surface area contributed by atoms with Gasteiger partial charge in [0.15, 0.2) is 0 Å². The molecular weight excluding hydrogens is 200 g/mol. The fraction of sp³-hybridized carbons (Fsp3) is 0.923. The first-order chi connectivity index (χ1) is 7.23. The van der Waals surface area contributed by atoms with Crippen molar-refractivity contribution >= 4 is 5.91 Å². The van der Waals surface area contributed by atoms with Gasteiger partial charge in [-0.2, -0.15) is 0 Å². The van der Waals surface area contributed by atoms with Crippen LogP contribution in [0.2, 0.25) is 0 Å². The summed E-state index contributed by atoms with van der Waals surface area (Å²) in [5, 5.41) is 0. The number of nitrogens with zero attached hydrogens (tertiary/aromatic N) is 1. The minimum atomic E-state index is -0.383. The fourth-order valence-corrected chi connectivity index (χ4v) is 1.75. The molecule has 1 amide bonds. The fourth-order valence-electron chi connectivity index (χ4n) is 1.75. The molecule has 3 nitrogen and oxygen atoms in total. The van der Waals surface area contributed by atoms with Crippen LogP contribution in [-0.4, -0.2) is 29.4 Å². The molecule has 0 spiro atoms. The summed E-state index contributed by atoms with van der Waals surface area (Å²) < 4.78 is 0. The zero-order valence-corrected chi connectivity index (χ0v) is 11.3. The molecule has 0 aromatic rings. The molecule has 1 aliphatic rings. The Morgan fingerprint density at radius 2 is 1.88 bits per heavy atom. The van der Waals surface area contributed by atoms with Gasteiger partial charge in [-0.05, 0) is 24.2 Å². The Morgan fingerprint density at radius 3 is 2.19 bits per heavy atom. The molecular formula is C13H26N2O. The number of hydrogen-bond acceptors (Lipinski definition) is 2. The number of hydrogen-bond donors (Lipinski definition) is 1. The van der Waals surface area contributed by atoms with E-state index in [-0.39, 0.29) is 17.4 Å². The summed E-state index contributed by atoms with van der Waals surface area (Å²) >= 11 is 0. The number of carbonyl (C=O) groups is 1. The second kappa shape index (κ2) is 4.74. The van der Waals surface area contributed by atoms with Gasteiger partial charge < -0.3 is 10.6 Å². The van der Waals surface area contributed by atoms with Crippen LogP contribution >= 0.6 is 0 Å². The maximum Gasteiger partial charge on any atom is 0.240 e. The molecule has 1 atom stereocenters. The quantitative estimate of drug-likeness (QED) is 0.797. The van der Waals surface area contributed by atoms with Crippen molar-refractivity contribution in [2.24, 2.45) is 17.1 Å². The summed E-state index contributed by atoms with van der Waals surface area (Å²) in [5.41, 5.74) is 5.89. The largest absolute Gasteiger partial charge is 0.338 e. The Labute approximate surface area is 99.4 Å². The molecule has 94 valence electrons. The molecule has 16 heavy (non-hydrogen) atoms. The zero-order valence-electron chi connectivity index (χ0n) is 11.3. The molecule has 0 aromatic heterocycles. The van der Waals surface area contributed by atoms with E-state index in [0.29, 0.717) is 12.0 Å². The summed E-state index contributed by atoms with van der Waals surface area (Å²) in [6, 6.07) is 0.0788. The number of carbonyl (C=O) groups excluding carboxylic acids is 1. The smallest absolute Gasteiger partial charge is 0.240 e. The van der Waals surface area contributed by atoms with E-state index in [1.165, 1.54) is 0 Å². The van der Waals surface area contributed by atoms with Gasteiger partial charge in [0.1, 0.15) is 0 Å². The molecule has 0 unspecified atom stereocenters. The molecule has 3 heteroatoms. The number of amides is 1. The molecule has 0 heterocycles. The van der Waals surface area contributed by atoms with Crippen molar-refractivity contribution in [3.63, 3.8) is 0 Å². The molecule has 0 radical (unpaired) electrons. The molecule has 0 saturated heterocycles. The van der Waals surface area contributed by atoms with Crippen LogP contribution in [0.3, 0.4) is 0 Å². The third-order valence-corrected chi connectivity index (χ3v) is 3.03. The molecule has 2 N–H and O–H groups in total. The molecule has 1 aliphatic carbocycles. The average molecular weight is 226 g/mol. The normalized spacial score (nSPS) is 18.7. The zero-order chi connectivity index (χ0) is 12.5. The van der Waals surface area contributed by atoms with E-state index < -0.39 is 0 Å². The van der Waals surface area contributed by atoms with Crippen LogP contribution in [0.5, 0.6) is 0 Å². The highest BCUT2D eigenvalue weighted by Gasteiger charge is 2.38. The van der Waals surface area contributed by atoms with E-state index in [4.69, 9.17) is 5.73 Å². The molecule has 1 saturated carbocycles. The highest BCUT2D eigenvalue weighted by atomic mass is 16.2. The van der Waals surface area contributed by atoms with Gasteiger partial charge in [-0.15, -0.1) is 0 Å². The van der Waals surface area contributed by atoms with Gasteiger partial charge in [-0.25, -0.2) is 0 Å². The Bertz CT molecular complexity index is 251. The van der Waals surface area contributed by atoms with Gasteiger partial charge in [0, 0.05) is 12.6 Å². The van der Waals surface area contributed by atoms with E-state index in [2.05, 4.69) is 13.8 Å². The number of nitrogens with two attached hydrogens (primary N) is 1. The molecule has 0 aromatic carbocycles. The van der Waals surface area contributed by atoms with Crippen molar-refractivity contribution in [2.75, 3.05) is 6.54 Å². The number of rotatable bonds is 4. The topological polar surface area (TPSA) is 46.3 Å². The van der Waals surface area contributed by atoms with Crippen LogP contribution in [0, 0.1) is 11.3 Å². The van der Waals surface area contributed by atoms with Crippen LogP contribution in [0.1, 0.15) is 47.5 Å². The van der Waals surface area contributed by atoms with Crippen molar-refractivity contribution in [3.05, 3.63) is 0 Å². The molecule has 0 aliphatic heterocycles. The van der Waals surface area contributed by atoms with Crippen molar-refractivity contribution in [2.45, 2.75) is 59.5 Å². The third-order valence-electron chi connectivity index (χ3n) is 3.03. The van der Waals surface area contributed by atoms with Crippen LogP contribution in [0.25, 0.3) is 0 Å². The van der Waals surface area contributed by atoms with Gasteiger partial charge >= 0.3 is 0 Å². The van der Waals surface area contributed by atoms with Gasteiger partial charge in [0.2, 0.25) is 5.91 Å². The van der Waals surface area contributed by atoms with Crippen molar-refractivity contribution in [1.82, 2.24) is 4.90 Å². The second-order valence-corrected chi connectivity index (χ2v) is 6.46. The Hall–Kier alpha value is -0.570. The molecule has 0 bridgehead atoms. The highest BCUT2D eigenvalue weighted by Crippen LogP contribution is 2.30. The van der Waals surface area contributed by atoms with Gasteiger partial charge in [0.05, 0.1) is 6.04 Å². The monoisotopic (exact) mass is 226 g/mol. The minimum absolute atomic E-state index is 0.128. The van der Waals surface area contributed by atoms with E-state index in [9.17, 15) is 4.79 Å². The maximum atomic E-state index is 12.3. The minimum Gasteiger partial charge on any atom is -0.338 e. The summed E-state index contributed by atoms with van der Waals surface area (Å²) in [6.45, 7) is 11.2. The Balaban J connectivity index is 2.67. The van der Waals surface area contributed by atoms with E-state index in [0.717, 1.165) is 19.4 Å². The molecule has 1 rings (SSSR count). The van der Waals surface area contributed by atoms with Crippen molar-refractivity contribution in [1.29, 1.82) is 0 Å². The van der Waals surface area contributed by atoms with E-state index in [1.807, 2.05) is 25.7 Å². The van der Waals surface area contributed by atoms with Crippen molar-refractivity contribution < 1.29 is 4.79 Å². The first kappa shape index (κ1) is 13.5. The van der Waals surface area contributed by atoms with Crippen LogP contribution in [0.15, 0.2) is 0 Å². The lowest BCUT2D eigenvalue weighted by Crippen LogP contribution is -2.52. The first-order valence-electron chi connectivity index (χ1n) is 6.29. The summed E-state index contributed by atoms with van der Waals surface area (Å²) in [4.78, 5) is 14.3. The predicted molar refractivity (Wildman–Crippen MR) is 67.0 cm³/mol. The van der Waals surface area contributed by atoms with E-state index in [1.54, 1.807) is 0 Å². The maximum absolute atomic E-state index is 12.3. The van der Waals surface area contributed by atoms with Crippen LogP contribution < -0.4 is 5.73 Å². The van der Waals surface area contributed by atoms with Crippen LogP contribution in [0.4, 0.5) is 0 Å². The SMILES string of the molecule is CC(C)CN(C(=O)[C@@H](N)C(C)(C)C)C1CC1. The lowest BCUT2D eigenvalue weighted by atomic mass is 9.86. The third kappa shape index (κ3) is 3.48. The predicted octanol–water partition coefficient (Wildman–Crippen LogP) is 2.01. The Morgan fingerprint density at radius 1 is 1.38 bits per heavy atom. The lowest BCUT2D eigenvalue weighted by molar-refractivity contribution is -0.136. The summed E-state index contributed by atoms with van der Waals surface area (Å²) in [5.74, 6) is 0.639. The first-order valence-corrected chi connectivity index (χ1v) is 6.29. The Kier molecular flexibility index (Phi) is 4.00. The van der Waals surface area contributed by atoms with Gasteiger partial charge in [-0.1, -0.05) is 34.6 Å².